The molecule has 0 atom stereocenters. The van der Waals surface area contributed by atoms with Crippen LogP contribution in [0.3, 0.4) is 0 Å². The number of esters is 1. The maximum atomic E-state index is 12.0. The summed E-state index contributed by atoms with van der Waals surface area (Å²) in [4.78, 5) is 34.1. The second-order valence-electron chi connectivity index (χ2n) is 13.1. The van der Waals surface area contributed by atoms with Crippen LogP contribution in [0.4, 0.5) is 0 Å². The maximum Gasteiger partial charge on any atom is 0.341 e. The first-order valence-corrected chi connectivity index (χ1v) is 18.5. The number of ether oxygens (including phenoxy) is 7. The molecule has 0 fully saturated rings. The van der Waals surface area contributed by atoms with Gasteiger partial charge < -0.3 is 33.2 Å². The predicted molar refractivity (Wildman–Crippen MR) is 229 cm³/mol. The van der Waals surface area contributed by atoms with Gasteiger partial charge in [-0.25, -0.2) is 24.7 Å². The van der Waals surface area contributed by atoms with Crippen molar-refractivity contribution >= 4 is 27.8 Å². The van der Waals surface area contributed by atoms with Crippen LogP contribution in [0, 0.1) is 0 Å². The van der Waals surface area contributed by atoms with Crippen LogP contribution in [0.2, 0.25) is 0 Å². The molecule has 13 nitrogen and oxygen atoms in total. The predicted octanol–water partition coefficient (Wildman–Crippen LogP) is 9.16. The highest BCUT2D eigenvalue weighted by atomic mass is 16.5. The minimum Gasteiger partial charge on any atom is -0.496 e. The van der Waals surface area contributed by atoms with E-state index >= 15 is 0 Å². The molecule has 0 N–H and O–H groups in total. The smallest absolute Gasteiger partial charge is 0.341 e. The van der Waals surface area contributed by atoms with Crippen molar-refractivity contribution in [3.63, 3.8) is 0 Å². The molecule has 8 rings (SSSR count). The van der Waals surface area contributed by atoms with Gasteiger partial charge in [-0.15, -0.1) is 0 Å². The number of hydrogen-bond acceptors (Lipinski definition) is 13. The van der Waals surface area contributed by atoms with Crippen molar-refractivity contribution in [1.29, 1.82) is 0 Å². The Hall–Kier alpha value is -7.80. The van der Waals surface area contributed by atoms with Crippen LogP contribution in [0.1, 0.15) is 10.4 Å². The molecule has 60 heavy (non-hydrogen) atoms. The number of hydrogen-bond donors (Lipinski definition) is 0. The number of methoxy groups -OCH3 is 7. The first-order valence-electron chi connectivity index (χ1n) is 18.5. The van der Waals surface area contributed by atoms with E-state index < -0.39 is 5.97 Å². The van der Waals surface area contributed by atoms with E-state index in [-0.39, 0.29) is 0 Å². The molecule has 3 heterocycles. The molecule has 3 aromatic heterocycles. The second-order valence-corrected chi connectivity index (χ2v) is 13.1. The summed E-state index contributed by atoms with van der Waals surface area (Å²) >= 11 is 0. The molecule has 0 unspecified atom stereocenters. The minimum absolute atomic E-state index is 0.369. The van der Waals surface area contributed by atoms with E-state index in [0.717, 1.165) is 66.6 Å². The Morgan fingerprint density at radius 1 is 0.417 bits per heavy atom. The van der Waals surface area contributed by atoms with E-state index in [2.05, 4.69) is 31.0 Å². The van der Waals surface area contributed by atoms with Gasteiger partial charge in [-0.1, -0.05) is 18.2 Å². The van der Waals surface area contributed by atoms with Gasteiger partial charge in [0.25, 0.3) is 0 Å². The highest BCUT2D eigenvalue weighted by Crippen LogP contribution is 2.38. The second kappa shape index (κ2) is 18.2. The average molecular weight is 804 g/mol. The highest BCUT2D eigenvalue weighted by molar-refractivity contribution is 5.97. The summed E-state index contributed by atoms with van der Waals surface area (Å²) in [5.41, 5.74) is 9.23. The number of nitrogens with zero attached hydrogens (tertiary/aromatic N) is 5. The van der Waals surface area contributed by atoms with Gasteiger partial charge in [-0.3, -0.25) is 4.98 Å². The molecule has 0 aliphatic rings. The van der Waals surface area contributed by atoms with Gasteiger partial charge in [0, 0.05) is 33.7 Å². The first-order chi connectivity index (χ1) is 29.3. The Labute approximate surface area is 346 Å². The zero-order chi connectivity index (χ0) is 42.2. The Morgan fingerprint density at radius 2 is 0.883 bits per heavy atom. The Balaban J connectivity index is 0.000000183. The van der Waals surface area contributed by atoms with Crippen LogP contribution in [0.5, 0.6) is 34.5 Å². The summed E-state index contributed by atoms with van der Waals surface area (Å²) < 4.78 is 37.1. The summed E-state index contributed by atoms with van der Waals surface area (Å²) in [5, 5.41) is 1.82. The first kappa shape index (κ1) is 40.4. The SMILES string of the molecule is COC(=O)c1ccc(-c2ccc3ncnc(-c4ccc(OC)c(OC)c4)c3c2)cc1OC.COc1cncc(-c2ccc3ncnc(-c4ccc(OC)c(OC)c4)c3c2)c1. The summed E-state index contributed by atoms with van der Waals surface area (Å²) in [5.74, 6) is 3.30. The average Bonchev–Trinajstić information content (AvgIpc) is 3.32. The lowest BCUT2D eigenvalue weighted by Crippen LogP contribution is -2.04. The van der Waals surface area contributed by atoms with E-state index in [1.807, 2.05) is 91.1 Å². The molecule has 0 saturated carbocycles. The number of fused-ring (bicyclic) bond motifs is 2. The molecule has 0 aliphatic carbocycles. The monoisotopic (exact) mass is 803 g/mol. The molecule has 0 radical (unpaired) electrons. The third-order valence-corrected chi connectivity index (χ3v) is 9.81. The molecule has 0 spiro atoms. The van der Waals surface area contributed by atoms with Gasteiger partial charge in [0.1, 0.15) is 29.7 Å². The number of carbonyl (C=O) groups is 1. The Bertz CT molecular complexity index is 2830. The number of benzene rings is 5. The van der Waals surface area contributed by atoms with Gasteiger partial charge in [0.2, 0.25) is 0 Å². The van der Waals surface area contributed by atoms with Gasteiger partial charge in [-0.05, 0) is 95.6 Å². The standard InChI is InChI=1S/C25H22N2O5.C22H19N3O3/c1-29-21-10-7-17(13-23(21)31-3)24-19-11-15(6-9-20(19)26-14-27-24)16-5-8-18(25(28)32-4)22(12-16)30-2;1-26-17-8-16(11-23-12-17)14-4-6-19-18(9-14)22(25-13-24-19)15-5-7-20(27-2)21(10-15)28-3/h5-14H,1-4H3;4-13H,1-3H3. The van der Waals surface area contributed by atoms with Crippen molar-refractivity contribution in [1.82, 2.24) is 24.9 Å². The Morgan fingerprint density at radius 3 is 1.38 bits per heavy atom. The van der Waals surface area contributed by atoms with Gasteiger partial charge in [0.15, 0.2) is 23.0 Å². The summed E-state index contributed by atoms with van der Waals surface area (Å²) in [7, 11) is 10.9. The fraction of sp³-hybridized carbons (Fsp3) is 0.149. The lowest BCUT2D eigenvalue weighted by Gasteiger charge is -2.12. The van der Waals surface area contributed by atoms with Crippen LogP contribution < -0.4 is 28.4 Å². The molecule has 8 aromatic rings. The van der Waals surface area contributed by atoms with Crippen LogP contribution in [0.15, 0.2) is 122 Å². The molecular weight excluding hydrogens is 763 g/mol. The van der Waals surface area contributed by atoms with E-state index in [1.165, 1.54) is 14.2 Å². The largest absolute Gasteiger partial charge is 0.496 e. The number of carbonyl (C=O) groups excluding carboxylic acids is 1. The van der Waals surface area contributed by atoms with Crippen LogP contribution in [0.25, 0.3) is 66.6 Å². The molecule has 5 aromatic carbocycles. The lowest BCUT2D eigenvalue weighted by atomic mass is 9.99. The van der Waals surface area contributed by atoms with E-state index in [0.29, 0.717) is 40.1 Å². The van der Waals surface area contributed by atoms with Crippen LogP contribution in [-0.2, 0) is 4.74 Å². The summed E-state index contributed by atoms with van der Waals surface area (Å²) in [6, 6.07) is 30.7. The van der Waals surface area contributed by atoms with E-state index in [4.69, 9.17) is 33.2 Å². The third-order valence-electron chi connectivity index (χ3n) is 9.81. The number of aromatic nitrogens is 5. The Kier molecular flexibility index (Phi) is 12.3. The van der Waals surface area contributed by atoms with Gasteiger partial charge in [0.05, 0.1) is 78.4 Å². The lowest BCUT2D eigenvalue weighted by molar-refractivity contribution is 0.0597. The van der Waals surface area contributed by atoms with Crippen molar-refractivity contribution in [2.45, 2.75) is 0 Å². The fourth-order valence-electron chi connectivity index (χ4n) is 6.74. The van der Waals surface area contributed by atoms with E-state index in [9.17, 15) is 4.79 Å². The zero-order valence-electron chi connectivity index (χ0n) is 34.0. The third kappa shape index (κ3) is 8.27. The minimum atomic E-state index is -0.448. The van der Waals surface area contributed by atoms with Crippen molar-refractivity contribution < 1.29 is 38.0 Å². The van der Waals surface area contributed by atoms with Crippen molar-refractivity contribution in [3.8, 4) is 79.3 Å². The van der Waals surface area contributed by atoms with Crippen LogP contribution in [-0.4, -0.2) is 80.7 Å². The molecular formula is C47H41N5O8. The molecule has 302 valence electrons. The van der Waals surface area contributed by atoms with Crippen molar-refractivity contribution in [2.24, 2.45) is 0 Å². The number of pyridine rings is 1. The molecule has 0 bridgehead atoms. The zero-order valence-corrected chi connectivity index (χ0v) is 34.0. The van der Waals surface area contributed by atoms with Crippen molar-refractivity contribution in [3.05, 3.63) is 128 Å². The van der Waals surface area contributed by atoms with Gasteiger partial charge >= 0.3 is 5.97 Å². The van der Waals surface area contributed by atoms with E-state index in [1.54, 1.807) is 60.5 Å². The van der Waals surface area contributed by atoms with Crippen molar-refractivity contribution in [2.75, 3.05) is 49.8 Å². The fourth-order valence-corrected chi connectivity index (χ4v) is 6.74. The highest BCUT2D eigenvalue weighted by Gasteiger charge is 2.16. The normalized spacial score (nSPS) is 10.7. The van der Waals surface area contributed by atoms with Crippen LogP contribution >= 0.6 is 0 Å². The molecule has 0 amide bonds. The maximum absolute atomic E-state index is 12.0. The number of rotatable bonds is 11. The topological polar surface area (TPSA) is 146 Å². The molecule has 0 aliphatic heterocycles. The van der Waals surface area contributed by atoms with Gasteiger partial charge in [-0.2, -0.15) is 0 Å². The quantitative estimate of drug-likeness (QED) is 0.115. The summed E-state index contributed by atoms with van der Waals surface area (Å²) in [6.45, 7) is 0. The summed E-state index contributed by atoms with van der Waals surface area (Å²) in [6.07, 6.45) is 6.61. The molecule has 13 heteroatoms. The molecule has 0 saturated heterocycles.